The minimum atomic E-state index is -0.870. The van der Waals surface area contributed by atoms with Gasteiger partial charge in [0.15, 0.2) is 0 Å². The lowest BCUT2D eigenvalue weighted by Gasteiger charge is -2.22. The van der Waals surface area contributed by atoms with Crippen LogP contribution in [0.1, 0.15) is 51.4 Å². The van der Waals surface area contributed by atoms with E-state index in [0.29, 0.717) is 38.5 Å². The lowest BCUT2D eigenvalue weighted by Crippen LogP contribution is -2.25. The minimum Gasteiger partial charge on any atom is -0.481 e. The lowest BCUT2D eigenvalue weighted by molar-refractivity contribution is -0.148. The zero-order valence-electron chi connectivity index (χ0n) is 12.2. The topological polar surface area (TPSA) is 149 Å². The SMILES string of the molecule is O=C(O)C1CCC(C(=O)O)CC1.O=C(O)CCCCC(=O)O. The average Bonchev–Trinajstić information content (AvgIpc) is 2.44. The Morgan fingerprint density at radius 1 is 0.636 bits per heavy atom. The molecule has 0 atom stereocenters. The molecular formula is C14H22O8. The van der Waals surface area contributed by atoms with Crippen molar-refractivity contribution in [3.05, 3.63) is 0 Å². The molecule has 8 heteroatoms. The first-order chi connectivity index (χ1) is 10.2. The normalized spacial score (nSPS) is 20.4. The molecule has 0 bridgehead atoms. The molecule has 22 heavy (non-hydrogen) atoms. The Morgan fingerprint density at radius 2 is 0.909 bits per heavy atom. The predicted octanol–water partition coefficient (Wildman–Crippen LogP) is 1.68. The Kier molecular flexibility index (Phi) is 9.56. The van der Waals surface area contributed by atoms with Crippen molar-refractivity contribution in [2.45, 2.75) is 51.4 Å². The maximum absolute atomic E-state index is 10.5. The van der Waals surface area contributed by atoms with Crippen LogP contribution in [0.15, 0.2) is 0 Å². The molecule has 0 radical (unpaired) electrons. The zero-order valence-corrected chi connectivity index (χ0v) is 12.2. The van der Waals surface area contributed by atoms with Crippen LogP contribution < -0.4 is 0 Å². The number of carbonyl (C=O) groups is 4. The second kappa shape index (κ2) is 10.6. The van der Waals surface area contributed by atoms with Gasteiger partial charge in [-0.05, 0) is 38.5 Å². The van der Waals surface area contributed by atoms with Crippen LogP contribution in [0.3, 0.4) is 0 Å². The maximum Gasteiger partial charge on any atom is 0.306 e. The van der Waals surface area contributed by atoms with Gasteiger partial charge in [0, 0.05) is 12.8 Å². The van der Waals surface area contributed by atoms with Crippen LogP contribution in [-0.4, -0.2) is 44.3 Å². The number of aliphatic carboxylic acids is 4. The number of hydrogen-bond acceptors (Lipinski definition) is 4. The van der Waals surface area contributed by atoms with Crippen LogP contribution in [-0.2, 0) is 19.2 Å². The van der Waals surface area contributed by atoms with E-state index >= 15 is 0 Å². The molecule has 0 spiro atoms. The molecule has 1 aliphatic rings. The molecule has 0 aromatic rings. The fourth-order valence-corrected chi connectivity index (χ4v) is 2.14. The van der Waals surface area contributed by atoms with E-state index in [2.05, 4.69) is 0 Å². The number of rotatable bonds is 7. The molecule has 126 valence electrons. The van der Waals surface area contributed by atoms with Crippen LogP contribution in [0.25, 0.3) is 0 Å². The fraction of sp³-hybridized carbons (Fsp3) is 0.714. The van der Waals surface area contributed by atoms with E-state index in [4.69, 9.17) is 20.4 Å². The molecule has 1 saturated carbocycles. The van der Waals surface area contributed by atoms with Crippen LogP contribution in [0.5, 0.6) is 0 Å². The van der Waals surface area contributed by atoms with Crippen molar-refractivity contribution in [3.8, 4) is 0 Å². The predicted molar refractivity (Wildman–Crippen MR) is 74.5 cm³/mol. The van der Waals surface area contributed by atoms with Crippen molar-refractivity contribution in [1.82, 2.24) is 0 Å². The van der Waals surface area contributed by atoms with Gasteiger partial charge in [0.1, 0.15) is 0 Å². The Balaban J connectivity index is 0.000000409. The van der Waals surface area contributed by atoms with Crippen LogP contribution in [0, 0.1) is 11.8 Å². The van der Waals surface area contributed by atoms with Gasteiger partial charge in [-0.25, -0.2) is 0 Å². The van der Waals surface area contributed by atoms with Crippen molar-refractivity contribution >= 4 is 23.9 Å². The van der Waals surface area contributed by atoms with Gasteiger partial charge >= 0.3 is 23.9 Å². The lowest BCUT2D eigenvalue weighted by atomic mass is 9.82. The van der Waals surface area contributed by atoms with E-state index in [1.54, 1.807) is 0 Å². The number of hydrogen-bond donors (Lipinski definition) is 4. The molecular weight excluding hydrogens is 296 g/mol. The van der Waals surface area contributed by atoms with Crippen LogP contribution in [0.2, 0.25) is 0 Å². The van der Waals surface area contributed by atoms with E-state index in [9.17, 15) is 19.2 Å². The summed E-state index contributed by atoms with van der Waals surface area (Å²) >= 11 is 0. The first-order valence-electron chi connectivity index (χ1n) is 7.13. The monoisotopic (exact) mass is 318 g/mol. The standard InChI is InChI=1S/C8H12O4.C6H10O4/c9-7(10)5-1-2-6(4-3-5)8(11)12;7-5(8)3-1-2-4-6(9)10/h5-6H,1-4H2,(H,9,10)(H,11,12);1-4H2,(H,7,8)(H,9,10). The summed E-state index contributed by atoms with van der Waals surface area (Å²) in [5, 5.41) is 33.5. The number of carboxylic acid groups (broad SMARTS) is 4. The van der Waals surface area contributed by atoms with Gasteiger partial charge in [-0.15, -0.1) is 0 Å². The summed E-state index contributed by atoms with van der Waals surface area (Å²) in [6.07, 6.45) is 3.04. The van der Waals surface area contributed by atoms with Gasteiger partial charge in [0.2, 0.25) is 0 Å². The Hall–Kier alpha value is -2.12. The molecule has 0 aromatic heterocycles. The van der Waals surface area contributed by atoms with Gasteiger partial charge in [-0.2, -0.15) is 0 Å². The summed E-state index contributed by atoms with van der Waals surface area (Å²) < 4.78 is 0. The highest BCUT2D eigenvalue weighted by molar-refractivity contribution is 5.72. The van der Waals surface area contributed by atoms with Gasteiger partial charge in [0.25, 0.3) is 0 Å². The summed E-state index contributed by atoms with van der Waals surface area (Å²) in [5.41, 5.74) is 0. The first kappa shape index (κ1) is 19.9. The summed E-state index contributed by atoms with van der Waals surface area (Å²) in [6.45, 7) is 0. The molecule has 1 aliphatic carbocycles. The van der Waals surface area contributed by atoms with Crippen LogP contribution in [0.4, 0.5) is 0 Å². The highest BCUT2D eigenvalue weighted by Crippen LogP contribution is 2.28. The van der Waals surface area contributed by atoms with Crippen molar-refractivity contribution in [3.63, 3.8) is 0 Å². The fourth-order valence-electron chi connectivity index (χ4n) is 2.14. The third-order valence-electron chi connectivity index (χ3n) is 3.46. The summed E-state index contributed by atoms with van der Waals surface area (Å²) in [4.78, 5) is 40.8. The summed E-state index contributed by atoms with van der Waals surface area (Å²) in [5.74, 6) is -3.96. The smallest absolute Gasteiger partial charge is 0.306 e. The largest absolute Gasteiger partial charge is 0.481 e. The van der Waals surface area contributed by atoms with Gasteiger partial charge in [0.05, 0.1) is 11.8 Å². The molecule has 8 nitrogen and oxygen atoms in total. The summed E-state index contributed by atoms with van der Waals surface area (Å²) in [7, 11) is 0. The molecule has 0 heterocycles. The van der Waals surface area contributed by atoms with Gasteiger partial charge in [-0.3, -0.25) is 19.2 Å². The maximum atomic E-state index is 10.5. The first-order valence-corrected chi connectivity index (χ1v) is 7.13. The van der Waals surface area contributed by atoms with E-state index in [-0.39, 0.29) is 24.7 Å². The van der Waals surface area contributed by atoms with Crippen molar-refractivity contribution in [2.24, 2.45) is 11.8 Å². The minimum absolute atomic E-state index is 0.0628. The van der Waals surface area contributed by atoms with Gasteiger partial charge < -0.3 is 20.4 Å². The Bertz CT molecular complexity index is 358. The Morgan fingerprint density at radius 3 is 1.09 bits per heavy atom. The summed E-state index contributed by atoms with van der Waals surface area (Å²) in [6, 6.07) is 0. The van der Waals surface area contributed by atoms with E-state index in [0.717, 1.165) is 0 Å². The number of carboxylic acids is 4. The average molecular weight is 318 g/mol. The third kappa shape index (κ3) is 9.73. The third-order valence-corrected chi connectivity index (χ3v) is 3.46. The number of unbranched alkanes of at least 4 members (excludes halogenated alkanes) is 1. The second-order valence-corrected chi connectivity index (χ2v) is 5.22. The highest BCUT2D eigenvalue weighted by Gasteiger charge is 2.29. The van der Waals surface area contributed by atoms with E-state index in [1.165, 1.54) is 0 Å². The molecule has 0 unspecified atom stereocenters. The molecule has 0 saturated heterocycles. The van der Waals surface area contributed by atoms with Crippen molar-refractivity contribution in [2.75, 3.05) is 0 Å². The zero-order chi connectivity index (χ0) is 17.1. The van der Waals surface area contributed by atoms with Crippen molar-refractivity contribution in [1.29, 1.82) is 0 Å². The second-order valence-electron chi connectivity index (χ2n) is 5.22. The molecule has 0 aromatic carbocycles. The molecule has 0 amide bonds. The quantitative estimate of drug-likeness (QED) is 0.518. The van der Waals surface area contributed by atoms with E-state index < -0.39 is 23.9 Å². The van der Waals surface area contributed by atoms with Crippen LogP contribution >= 0.6 is 0 Å². The molecule has 1 fully saturated rings. The Labute approximate surface area is 127 Å². The molecule has 1 rings (SSSR count). The molecule has 4 N–H and O–H groups in total. The van der Waals surface area contributed by atoms with E-state index in [1.807, 2.05) is 0 Å². The van der Waals surface area contributed by atoms with Crippen molar-refractivity contribution < 1.29 is 39.6 Å². The highest BCUT2D eigenvalue weighted by atomic mass is 16.4. The molecule has 0 aliphatic heterocycles. The van der Waals surface area contributed by atoms with Gasteiger partial charge in [-0.1, -0.05) is 0 Å².